The van der Waals surface area contributed by atoms with Gasteiger partial charge in [-0.15, -0.1) is 0 Å². The zero-order valence-corrected chi connectivity index (χ0v) is 16.2. The van der Waals surface area contributed by atoms with Crippen molar-refractivity contribution >= 4 is 0 Å². The molecular formula is C26H18N4. The van der Waals surface area contributed by atoms with E-state index in [1.54, 1.807) is 6.20 Å². The lowest BCUT2D eigenvalue weighted by molar-refractivity contribution is 1.07. The smallest absolute Gasteiger partial charge is 0.164 e. The number of pyridine rings is 1. The molecule has 0 spiro atoms. The molecule has 0 saturated carbocycles. The van der Waals surface area contributed by atoms with Crippen molar-refractivity contribution in [3.05, 3.63) is 109 Å². The number of rotatable bonds is 4. The number of benzene rings is 3. The molecule has 0 saturated heterocycles. The highest BCUT2D eigenvalue weighted by atomic mass is 15.0. The van der Waals surface area contributed by atoms with Crippen LogP contribution in [0.15, 0.2) is 109 Å². The van der Waals surface area contributed by atoms with Crippen LogP contribution in [0.3, 0.4) is 0 Å². The van der Waals surface area contributed by atoms with E-state index in [2.05, 4.69) is 17.1 Å². The number of aromatic nitrogens is 4. The lowest BCUT2D eigenvalue weighted by atomic mass is 10.1. The van der Waals surface area contributed by atoms with Gasteiger partial charge in [0.15, 0.2) is 17.5 Å². The number of hydrogen-bond acceptors (Lipinski definition) is 4. The van der Waals surface area contributed by atoms with Gasteiger partial charge in [-0.1, -0.05) is 91.0 Å². The van der Waals surface area contributed by atoms with Gasteiger partial charge in [0.25, 0.3) is 0 Å². The molecule has 2 heterocycles. The molecule has 5 aromatic rings. The molecule has 0 atom stereocenters. The van der Waals surface area contributed by atoms with Gasteiger partial charge in [-0.25, -0.2) is 15.0 Å². The van der Waals surface area contributed by atoms with Crippen LogP contribution in [0.2, 0.25) is 0 Å². The van der Waals surface area contributed by atoms with Gasteiger partial charge < -0.3 is 0 Å². The predicted molar refractivity (Wildman–Crippen MR) is 119 cm³/mol. The normalized spacial score (nSPS) is 10.7. The van der Waals surface area contributed by atoms with E-state index in [1.165, 1.54) is 0 Å². The van der Waals surface area contributed by atoms with Crippen LogP contribution in [0.1, 0.15) is 0 Å². The van der Waals surface area contributed by atoms with Crippen LogP contribution >= 0.6 is 0 Å². The fraction of sp³-hybridized carbons (Fsp3) is 0. The quantitative estimate of drug-likeness (QED) is 0.384. The molecule has 0 aliphatic heterocycles. The second-order valence-electron chi connectivity index (χ2n) is 6.86. The Morgan fingerprint density at radius 3 is 1.27 bits per heavy atom. The lowest BCUT2D eigenvalue weighted by Gasteiger charge is -2.09. The molecule has 0 bridgehead atoms. The molecule has 0 radical (unpaired) electrons. The monoisotopic (exact) mass is 386 g/mol. The third-order valence-corrected chi connectivity index (χ3v) is 4.84. The molecule has 4 heteroatoms. The summed E-state index contributed by atoms with van der Waals surface area (Å²) < 4.78 is 0. The summed E-state index contributed by atoms with van der Waals surface area (Å²) in [6.07, 6.45) is 3.64. The Bertz CT molecular complexity index is 1200. The van der Waals surface area contributed by atoms with E-state index in [1.807, 2.05) is 91.1 Å². The highest BCUT2D eigenvalue weighted by Crippen LogP contribution is 2.26. The van der Waals surface area contributed by atoms with Crippen LogP contribution in [0, 0.1) is 0 Å². The average molecular weight is 386 g/mol. The zero-order chi connectivity index (χ0) is 20.2. The Kier molecular flexibility index (Phi) is 4.80. The lowest BCUT2D eigenvalue weighted by Crippen LogP contribution is -2.00. The van der Waals surface area contributed by atoms with Crippen molar-refractivity contribution in [1.82, 2.24) is 19.9 Å². The van der Waals surface area contributed by atoms with Crippen LogP contribution in [-0.4, -0.2) is 19.9 Å². The minimum Gasteiger partial charge on any atom is -0.264 e. The Labute approximate surface area is 175 Å². The summed E-state index contributed by atoms with van der Waals surface area (Å²) in [6.45, 7) is 0. The van der Waals surface area contributed by atoms with Crippen molar-refractivity contribution in [2.45, 2.75) is 0 Å². The van der Waals surface area contributed by atoms with Crippen LogP contribution in [0.25, 0.3) is 45.3 Å². The molecule has 0 amide bonds. The van der Waals surface area contributed by atoms with E-state index in [9.17, 15) is 0 Å². The molecule has 0 aliphatic carbocycles. The summed E-state index contributed by atoms with van der Waals surface area (Å²) in [6, 6.07) is 32.2. The first-order valence-electron chi connectivity index (χ1n) is 9.74. The summed E-state index contributed by atoms with van der Waals surface area (Å²) in [4.78, 5) is 18.5. The van der Waals surface area contributed by atoms with Gasteiger partial charge >= 0.3 is 0 Å². The minimum absolute atomic E-state index is 0.653. The zero-order valence-electron chi connectivity index (χ0n) is 16.2. The average Bonchev–Trinajstić information content (AvgIpc) is 2.85. The van der Waals surface area contributed by atoms with Crippen LogP contribution in [0.5, 0.6) is 0 Å². The molecule has 0 unspecified atom stereocenters. The molecular weight excluding hydrogens is 368 g/mol. The topological polar surface area (TPSA) is 51.6 Å². The van der Waals surface area contributed by atoms with E-state index in [4.69, 9.17) is 15.0 Å². The first-order valence-corrected chi connectivity index (χ1v) is 9.74. The summed E-state index contributed by atoms with van der Waals surface area (Å²) >= 11 is 0. The minimum atomic E-state index is 0.653. The maximum absolute atomic E-state index is 4.77. The third-order valence-electron chi connectivity index (χ3n) is 4.84. The first-order chi connectivity index (χ1) is 14.9. The third kappa shape index (κ3) is 3.71. The summed E-state index contributed by atoms with van der Waals surface area (Å²) in [5, 5.41) is 0. The first kappa shape index (κ1) is 17.9. The summed E-state index contributed by atoms with van der Waals surface area (Å²) in [5.74, 6) is 1.98. The fourth-order valence-corrected chi connectivity index (χ4v) is 3.28. The van der Waals surface area contributed by atoms with E-state index >= 15 is 0 Å². The van der Waals surface area contributed by atoms with Crippen molar-refractivity contribution in [2.75, 3.05) is 0 Å². The molecule has 142 valence electrons. The van der Waals surface area contributed by atoms with Gasteiger partial charge in [0.1, 0.15) is 0 Å². The maximum atomic E-state index is 4.77. The van der Waals surface area contributed by atoms with Gasteiger partial charge in [-0.05, 0) is 17.2 Å². The number of nitrogens with zero attached hydrogens (tertiary/aromatic N) is 4. The molecule has 3 aromatic carbocycles. The summed E-state index contributed by atoms with van der Waals surface area (Å²) in [7, 11) is 0. The predicted octanol–water partition coefficient (Wildman–Crippen LogP) is 5.93. The van der Waals surface area contributed by atoms with Crippen molar-refractivity contribution in [1.29, 1.82) is 0 Å². The van der Waals surface area contributed by atoms with Gasteiger partial charge in [-0.3, -0.25) is 4.98 Å². The van der Waals surface area contributed by atoms with Gasteiger partial charge in [0.05, 0.1) is 0 Å². The molecule has 0 N–H and O–H groups in total. The van der Waals surface area contributed by atoms with Gasteiger partial charge in [0, 0.05) is 29.1 Å². The second kappa shape index (κ2) is 8.05. The van der Waals surface area contributed by atoms with Crippen molar-refractivity contribution in [3.8, 4) is 45.3 Å². The molecule has 2 aromatic heterocycles. The van der Waals surface area contributed by atoms with Crippen LogP contribution in [-0.2, 0) is 0 Å². The highest BCUT2D eigenvalue weighted by Gasteiger charge is 2.12. The van der Waals surface area contributed by atoms with E-state index < -0.39 is 0 Å². The highest BCUT2D eigenvalue weighted by molar-refractivity contribution is 5.69. The second-order valence-corrected chi connectivity index (χ2v) is 6.86. The molecule has 5 rings (SSSR count). The SMILES string of the molecule is c1ccc(-c2nc(-c3ccccc3)nc(-c3ccc(-c4cccnc4)cc3)n2)cc1. The van der Waals surface area contributed by atoms with E-state index in [0.29, 0.717) is 17.5 Å². The van der Waals surface area contributed by atoms with Crippen molar-refractivity contribution < 1.29 is 0 Å². The Balaban J connectivity index is 1.60. The Morgan fingerprint density at radius 1 is 0.367 bits per heavy atom. The Hall–Kier alpha value is -4.18. The maximum Gasteiger partial charge on any atom is 0.164 e. The van der Waals surface area contributed by atoms with Crippen molar-refractivity contribution in [2.24, 2.45) is 0 Å². The summed E-state index contributed by atoms with van der Waals surface area (Å²) in [5.41, 5.74) is 5.05. The van der Waals surface area contributed by atoms with E-state index in [-0.39, 0.29) is 0 Å². The standard InChI is InChI=1S/C26H18N4/c1-3-8-20(9-4-1)24-28-25(21-10-5-2-6-11-21)30-26(29-24)22-15-13-19(14-16-22)23-12-7-17-27-18-23/h1-18H. The van der Waals surface area contributed by atoms with Crippen LogP contribution in [0.4, 0.5) is 0 Å². The molecule has 0 fully saturated rings. The molecule has 30 heavy (non-hydrogen) atoms. The van der Waals surface area contributed by atoms with E-state index in [0.717, 1.165) is 27.8 Å². The molecule has 0 aliphatic rings. The van der Waals surface area contributed by atoms with Gasteiger partial charge in [-0.2, -0.15) is 0 Å². The Morgan fingerprint density at radius 2 is 0.800 bits per heavy atom. The fourth-order valence-electron chi connectivity index (χ4n) is 3.28. The van der Waals surface area contributed by atoms with Crippen LogP contribution < -0.4 is 0 Å². The largest absolute Gasteiger partial charge is 0.264 e. The molecule has 4 nitrogen and oxygen atoms in total. The van der Waals surface area contributed by atoms with Gasteiger partial charge in [0.2, 0.25) is 0 Å². The number of hydrogen-bond donors (Lipinski definition) is 0. The van der Waals surface area contributed by atoms with Crippen molar-refractivity contribution in [3.63, 3.8) is 0 Å².